The van der Waals surface area contributed by atoms with Crippen molar-refractivity contribution in [3.8, 4) is 0 Å². The lowest BCUT2D eigenvalue weighted by Gasteiger charge is -2.26. The summed E-state index contributed by atoms with van der Waals surface area (Å²) in [4.78, 5) is 10.9. The van der Waals surface area contributed by atoms with Gasteiger partial charge >= 0.3 is 0 Å². The van der Waals surface area contributed by atoms with E-state index in [2.05, 4.69) is 18.8 Å². The van der Waals surface area contributed by atoms with Gasteiger partial charge in [0.05, 0.1) is 13.2 Å². The van der Waals surface area contributed by atoms with Crippen molar-refractivity contribution in [3.63, 3.8) is 0 Å². The van der Waals surface area contributed by atoms with Crippen LogP contribution in [0.15, 0.2) is 24.1 Å². The fourth-order valence-electron chi connectivity index (χ4n) is 1.26. The Morgan fingerprint density at radius 3 is 2.56 bits per heavy atom. The molecule has 0 atom stereocenters. The van der Waals surface area contributed by atoms with Gasteiger partial charge in [-0.3, -0.25) is 4.79 Å². The predicted molar refractivity (Wildman–Crippen MR) is 72.8 cm³/mol. The predicted octanol–water partition coefficient (Wildman–Crippen LogP) is 2.36. The van der Waals surface area contributed by atoms with Gasteiger partial charge in [-0.05, 0) is 12.5 Å². The highest BCUT2D eigenvalue weighted by atomic mass is 16.5. The van der Waals surface area contributed by atoms with Crippen LogP contribution in [0.2, 0.25) is 0 Å². The van der Waals surface area contributed by atoms with Crippen molar-refractivity contribution in [2.45, 2.75) is 40.5 Å². The Bertz CT molecular complexity index is 319. The van der Waals surface area contributed by atoms with Crippen LogP contribution in [0, 0.1) is 5.41 Å². The van der Waals surface area contributed by atoms with Crippen molar-refractivity contribution in [3.05, 3.63) is 24.1 Å². The highest BCUT2D eigenvalue weighted by Gasteiger charge is 2.24. The quantitative estimate of drug-likeness (QED) is 0.397. The first-order chi connectivity index (χ1) is 8.33. The largest absolute Gasteiger partial charge is 0.497 e. The van der Waals surface area contributed by atoms with Crippen LogP contribution < -0.4 is 5.32 Å². The van der Waals surface area contributed by atoms with E-state index in [-0.39, 0.29) is 12.5 Å². The van der Waals surface area contributed by atoms with Crippen molar-refractivity contribution in [1.82, 2.24) is 5.32 Å². The molecule has 4 heteroatoms. The molecule has 0 spiro atoms. The van der Waals surface area contributed by atoms with Crippen molar-refractivity contribution in [2.75, 3.05) is 13.2 Å². The highest BCUT2D eigenvalue weighted by Crippen LogP contribution is 2.27. The number of carbonyl (C=O) groups excluding carboxylic acids is 1. The fraction of sp³-hybridized carbons (Fsp3) is 0.643. The average Bonchev–Trinajstić information content (AvgIpc) is 2.27. The SMILES string of the molecule is C=C(C=C(OCCCC)C(C)(C)CO)NC(C)=O. The molecule has 0 aliphatic heterocycles. The Labute approximate surface area is 110 Å². The Morgan fingerprint density at radius 1 is 1.50 bits per heavy atom. The minimum Gasteiger partial charge on any atom is -0.497 e. The Balaban J connectivity index is 4.79. The van der Waals surface area contributed by atoms with Gasteiger partial charge in [0.15, 0.2) is 0 Å². The topological polar surface area (TPSA) is 58.6 Å². The normalized spacial score (nSPS) is 12.2. The van der Waals surface area contributed by atoms with Crippen molar-refractivity contribution in [2.24, 2.45) is 5.41 Å². The van der Waals surface area contributed by atoms with Crippen LogP contribution >= 0.6 is 0 Å². The number of ether oxygens (including phenoxy) is 1. The van der Waals surface area contributed by atoms with E-state index in [0.717, 1.165) is 12.8 Å². The van der Waals surface area contributed by atoms with Crippen LogP contribution in [-0.2, 0) is 9.53 Å². The number of allylic oxidation sites excluding steroid dienone is 1. The van der Waals surface area contributed by atoms with E-state index in [0.29, 0.717) is 18.1 Å². The zero-order valence-electron chi connectivity index (χ0n) is 11.9. The number of unbranched alkanes of at least 4 members (excludes halogenated alkanes) is 1. The molecule has 2 N–H and O–H groups in total. The number of aliphatic hydroxyl groups is 1. The van der Waals surface area contributed by atoms with Crippen LogP contribution in [0.5, 0.6) is 0 Å². The lowest BCUT2D eigenvalue weighted by Crippen LogP contribution is -2.24. The molecule has 0 fully saturated rings. The Morgan fingerprint density at radius 2 is 2.11 bits per heavy atom. The van der Waals surface area contributed by atoms with Crippen molar-refractivity contribution < 1.29 is 14.6 Å². The summed E-state index contributed by atoms with van der Waals surface area (Å²) in [6.45, 7) is 11.6. The summed E-state index contributed by atoms with van der Waals surface area (Å²) >= 11 is 0. The van der Waals surface area contributed by atoms with Gasteiger partial charge in [0.25, 0.3) is 0 Å². The van der Waals surface area contributed by atoms with E-state index in [9.17, 15) is 9.90 Å². The third-order valence-electron chi connectivity index (χ3n) is 2.46. The van der Waals surface area contributed by atoms with Gasteiger partial charge in [-0.2, -0.15) is 0 Å². The summed E-state index contributed by atoms with van der Waals surface area (Å²) in [5.74, 6) is 0.461. The Kier molecular flexibility index (Phi) is 7.36. The summed E-state index contributed by atoms with van der Waals surface area (Å²) in [6.07, 6.45) is 3.66. The van der Waals surface area contributed by atoms with E-state index in [1.165, 1.54) is 6.92 Å². The average molecular weight is 255 g/mol. The molecule has 0 rings (SSSR count). The monoisotopic (exact) mass is 255 g/mol. The van der Waals surface area contributed by atoms with Crippen LogP contribution in [-0.4, -0.2) is 24.2 Å². The number of hydrogen-bond acceptors (Lipinski definition) is 3. The molecule has 104 valence electrons. The second kappa shape index (κ2) is 7.93. The molecule has 0 saturated carbocycles. The third-order valence-corrected chi connectivity index (χ3v) is 2.46. The van der Waals surface area contributed by atoms with Gasteiger partial charge in [-0.1, -0.05) is 33.8 Å². The lowest BCUT2D eigenvalue weighted by atomic mass is 9.91. The first kappa shape index (κ1) is 16.7. The lowest BCUT2D eigenvalue weighted by molar-refractivity contribution is -0.118. The molecule has 0 bridgehead atoms. The second-order valence-corrected chi connectivity index (χ2v) is 4.96. The molecule has 0 unspecified atom stereocenters. The summed E-state index contributed by atoms with van der Waals surface area (Å²) in [6, 6.07) is 0. The fourth-order valence-corrected chi connectivity index (χ4v) is 1.26. The Hall–Kier alpha value is -1.29. The molecule has 1 amide bonds. The smallest absolute Gasteiger partial charge is 0.221 e. The van der Waals surface area contributed by atoms with E-state index < -0.39 is 5.41 Å². The van der Waals surface area contributed by atoms with E-state index >= 15 is 0 Å². The number of rotatable bonds is 8. The van der Waals surface area contributed by atoms with Gasteiger partial charge in [0.1, 0.15) is 5.76 Å². The van der Waals surface area contributed by atoms with Crippen LogP contribution in [0.4, 0.5) is 0 Å². The molecule has 0 aromatic rings. The molecule has 0 saturated heterocycles. The summed E-state index contributed by atoms with van der Waals surface area (Å²) in [5, 5.41) is 12.0. The summed E-state index contributed by atoms with van der Waals surface area (Å²) < 4.78 is 5.68. The summed E-state index contributed by atoms with van der Waals surface area (Å²) in [7, 11) is 0. The van der Waals surface area contributed by atoms with Crippen LogP contribution in [0.1, 0.15) is 40.5 Å². The van der Waals surface area contributed by atoms with Crippen molar-refractivity contribution >= 4 is 5.91 Å². The molecule has 0 aromatic heterocycles. The number of hydrogen-bond donors (Lipinski definition) is 2. The molecule has 4 nitrogen and oxygen atoms in total. The molecule has 0 radical (unpaired) electrons. The number of amides is 1. The van der Waals surface area contributed by atoms with Gasteiger partial charge in [0.2, 0.25) is 5.91 Å². The van der Waals surface area contributed by atoms with Crippen LogP contribution in [0.3, 0.4) is 0 Å². The maximum atomic E-state index is 10.9. The first-order valence-electron chi connectivity index (χ1n) is 6.25. The third kappa shape index (κ3) is 6.45. The first-order valence-corrected chi connectivity index (χ1v) is 6.25. The van der Waals surface area contributed by atoms with E-state index in [1.807, 2.05) is 13.8 Å². The standard InChI is InChI=1S/C14H25NO3/c1-6-7-8-18-13(14(4,5)10-16)9-11(2)15-12(3)17/h9,16H,2,6-8,10H2,1,3-5H3,(H,15,17). The summed E-state index contributed by atoms with van der Waals surface area (Å²) in [5.41, 5.74) is -0.0228. The number of nitrogens with one attached hydrogen (secondary N) is 1. The molecular weight excluding hydrogens is 230 g/mol. The van der Waals surface area contributed by atoms with Crippen LogP contribution in [0.25, 0.3) is 0 Å². The highest BCUT2D eigenvalue weighted by molar-refractivity contribution is 5.75. The minimum atomic E-state index is -0.491. The second-order valence-electron chi connectivity index (χ2n) is 4.96. The molecule has 0 heterocycles. The molecule has 0 aromatic carbocycles. The maximum Gasteiger partial charge on any atom is 0.221 e. The molecular formula is C14H25NO3. The molecule has 0 aliphatic rings. The molecule has 18 heavy (non-hydrogen) atoms. The zero-order valence-corrected chi connectivity index (χ0v) is 11.9. The maximum absolute atomic E-state index is 10.9. The van der Waals surface area contributed by atoms with Gasteiger partial charge in [-0.25, -0.2) is 0 Å². The number of aliphatic hydroxyl groups excluding tert-OH is 1. The molecule has 0 aliphatic carbocycles. The zero-order chi connectivity index (χ0) is 14.2. The number of carbonyl (C=O) groups is 1. The van der Waals surface area contributed by atoms with Gasteiger partial charge < -0.3 is 15.2 Å². The minimum absolute atomic E-state index is 0.0295. The van der Waals surface area contributed by atoms with E-state index in [4.69, 9.17) is 4.74 Å². The van der Waals surface area contributed by atoms with Gasteiger partial charge in [0, 0.05) is 18.0 Å². The van der Waals surface area contributed by atoms with Gasteiger partial charge in [-0.15, -0.1) is 0 Å². The van der Waals surface area contributed by atoms with Crippen molar-refractivity contribution in [1.29, 1.82) is 0 Å². The van der Waals surface area contributed by atoms with E-state index in [1.54, 1.807) is 6.08 Å².